The minimum absolute atomic E-state index is 0.199. The second-order valence-corrected chi connectivity index (χ2v) is 7.72. The second-order valence-electron chi connectivity index (χ2n) is 7.72. The number of benzene rings is 1. The van der Waals surface area contributed by atoms with Crippen LogP contribution in [-0.4, -0.2) is 58.3 Å². The minimum atomic E-state index is -0.887. The molecule has 1 aromatic heterocycles. The number of nitrogens with zero attached hydrogens (tertiary/aromatic N) is 3. The topological polar surface area (TPSA) is 69.8 Å². The molecule has 2 fully saturated rings. The highest BCUT2D eigenvalue weighted by Gasteiger charge is 2.38. The maximum atomic E-state index is 12.6. The summed E-state index contributed by atoms with van der Waals surface area (Å²) in [7, 11) is 1.71. The molecule has 0 bridgehead atoms. The van der Waals surface area contributed by atoms with Crippen molar-refractivity contribution >= 4 is 5.91 Å². The molecule has 2 aliphatic rings. The molecule has 2 aromatic rings. The third-order valence-corrected chi connectivity index (χ3v) is 5.27. The van der Waals surface area contributed by atoms with Crippen molar-refractivity contribution in [1.82, 2.24) is 15.0 Å². The number of likely N-dealkylation sites (N-methyl/N-ethyl adjacent to an activating group) is 1. The molecular formula is C20H25N3O3. The van der Waals surface area contributed by atoms with E-state index < -0.39 is 5.60 Å². The summed E-state index contributed by atoms with van der Waals surface area (Å²) in [4.78, 5) is 16.4. The van der Waals surface area contributed by atoms with Crippen LogP contribution in [0.15, 0.2) is 40.9 Å². The van der Waals surface area contributed by atoms with Crippen molar-refractivity contribution in [3.8, 4) is 0 Å². The minimum Gasteiger partial charge on any atom is -0.387 e. The first-order valence-corrected chi connectivity index (χ1v) is 9.23. The van der Waals surface area contributed by atoms with Crippen LogP contribution < -0.4 is 0 Å². The van der Waals surface area contributed by atoms with Gasteiger partial charge in [-0.2, -0.15) is 0 Å². The van der Waals surface area contributed by atoms with Gasteiger partial charge in [0.15, 0.2) is 5.69 Å². The third-order valence-electron chi connectivity index (χ3n) is 5.27. The van der Waals surface area contributed by atoms with E-state index in [1.807, 2.05) is 18.2 Å². The van der Waals surface area contributed by atoms with Crippen molar-refractivity contribution in [2.45, 2.75) is 37.3 Å². The lowest BCUT2D eigenvalue weighted by Gasteiger charge is -2.28. The fourth-order valence-corrected chi connectivity index (χ4v) is 3.71. The molecule has 1 saturated carbocycles. The number of aliphatic hydroxyl groups is 1. The van der Waals surface area contributed by atoms with Crippen molar-refractivity contribution < 1.29 is 14.4 Å². The van der Waals surface area contributed by atoms with E-state index in [1.165, 1.54) is 5.56 Å². The highest BCUT2D eigenvalue weighted by molar-refractivity contribution is 5.92. The van der Waals surface area contributed by atoms with Crippen molar-refractivity contribution in [3.63, 3.8) is 0 Å². The Hall–Kier alpha value is -2.18. The van der Waals surface area contributed by atoms with Gasteiger partial charge in [0.05, 0.1) is 12.1 Å². The number of β-amino-alcohol motifs (C(OH)–C–C–N with tert-alkyl or cyclic N) is 1. The molecule has 26 heavy (non-hydrogen) atoms. The molecule has 1 atom stereocenters. The zero-order valence-corrected chi connectivity index (χ0v) is 15.1. The van der Waals surface area contributed by atoms with Gasteiger partial charge in [-0.15, -0.1) is 0 Å². The molecule has 4 rings (SSSR count). The van der Waals surface area contributed by atoms with Crippen LogP contribution in [0.4, 0.5) is 0 Å². The summed E-state index contributed by atoms with van der Waals surface area (Å²) in [5.74, 6) is 1.03. The normalized spacial score (nSPS) is 23.3. The number of hydrogen-bond donors (Lipinski definition) is 1. The second kappa shape index (κ2) is 6.85. The number of amides is 1. The van der Waals surface area contributed by atoms with E-state index in [0.29, 0.717) is 31.1 Å². The van der Waals surface area contributed by atoms with Gasteiger partial charge < -0.3 is 14.5 Å². The fourth-order valence-electron chi connectivity index (χ4n) is 3.71. The molecule has 1 amide bonds. The maximum absolute atomic E-state index is 12.6. The van der Waals surface area contributed by atoms with E-state index in [2.05, 4.69) is 22.2 Å². The zero-order chi connectivity index (χ0) is 18.1. The van der Waals surface area contributed by atoms with Gasteiger partial charge in [-0.1, -0.05) is 35.5 Å². The lowest BCUT2D eigenvalue weighted by molar-refractivity contribution is 0.0167. The van der Waals surface area contributed by atoms with E-state index in [0.717, 1.165) is 31.7 Å². The Bertz CT molecular complexity index is 772. The number of hydrogen-bond acceptors (Lipinski definition) is 5. The molecule has 0 radical (unpaired) electrons. The number of carbonyl (C=O) groups is 1. The first-order chi connectivity index (χ1) is 12.5. The van der Waals surface area contributed by atoms with E-state index in [-0.39, 0.29) is 5.91 Å². The van der Waals surface area contributed by atoms with E-state index in [1.54, 1.807) is 18.0 Å². The molecule has 1 saturated heterocycles. The molecule has 6 heteroatoms. The quantitative estimate of drug-likeness (QED) is 0.861. The predicted octanol–water partition coefficient (Wildman–Crippen LogP) is 2.26. The van der Waals surface area contributed by atoms with Crippen LogP contribution in [0.3, 0.4) is 0 Å². The molecule has 1 aliphatic carbocycles. The summed E-state index contributed by atoms with van der Waals surface area (Å²) in [5.41, 5.74) is 0.677. The van der Waals surface area contributed by atoms with Crippen LogP contribution in [-0.2, 0) is 6.54 Å². The molecule has 6 nitrogen and oxygen atoms in total. The standard InChI is InChI=1S/C20H25N3O3/c1-22(19(24)17-11-18(26-21-17)16-7-8-16)13-20(25)9-10-23(14-20)12-15-5-3-2-4-6-15/h2-6,11,16,25H,7-10,12-14H2,1H3. The Balaban J connectivity index is 1.34. The van der Waals surface area contributed by atoms with Gasteiger partial charge in [0.2, 0.25) is 0 Å². The van der Waals surface area contributed by atoms with E-state index in [9.17, 15) is 9.90 Å². The van der Waals surface area contributed by atoms with Gasteiger partial charge in [0.1, 0.15) is 5.76 Å². The molecule has 138 valence electrons. The first kappa shape index (κ1) is 17.2. The summed E-state index contributed by atoms with van der Waals surface area (Å²) in [6.07, 6.45) is 2.87. The monoisotopic (exact) mass is 355 g/mol. The van der Waals surface area contributed by atoms with Crippen LogP contribution in [0.1, 0.15) is 47.0 Å². The average Bonchev–Trinajstić information content (AvgIpc) is 3.25. The Morgan fingerprint density at radius 3 is 2.88 bits per heavy atom. The van der Waals surface area contributed by atoms with Crippen molar-refractivity contribution in [2.75, 3.05) is 26.7 Å². The summed E-state index contributed by atoms with van der Waals surface area (Å²) in [5, 5.41) is 14.8. The Morgan fingerprint density at radius 2 is 2.15 bits per heavy atom. The predicted molar refractivity (Wildman–Crippen MR) is 96.7 cm³/mol. The summed E-state index contributed by atoms with van der Waals surface area (Å²) in [6, 6.07) is 12.0. The van der Waals surface area contributed by atoms with Crippen molar-refractivity contribution in [1.29, 1.82) is 0 Å². The third kappa shape index (κ3) is 3.81. The molecule has 2 heterocycles. The molecule has 1 aromatic carbocycles. The van der Waals surface area contributed by atoms with E-state index >= 15 is 0 Å². The van der Waals surface area contributed by atoms with Crippen LogP contribution >= 0.6 is 0 Å². The summed E-state index contributed by atoms with van der Waals surface area (Å²) >= 11 is 0. The Labute approximate surface area is 153 Å². The molecular weight excluding hydrogens is 330 g/mol. The molecule has 0 spiro atoms. The average molecular weight is 355 g/mol. The molecule has 1 unspecified atom stereocenters. The highest BCUT2D eigenvalue weighted by atomic mass is 16.5. The van der Waals surface area contributed by atoms with Gasteiger partial charge in [-0.25, -0.2) is 0 Å². The lowest BCUT2D eigenvalue weighted by atomic mass is 10.0. The van der Waals surface area contributed by atoms with Gasteiger partial charge in [-0.05, 0) is 24.8 Å². The SMILES string of the molecule is CN(CC1(O)CCN(Cc2ccccc2)C1)C(=O)c1cc(C2CC2)on1. The van der Waals surface area contributed by atoms with Gasteiger partial charge in [0, 0.05) is 38.7 Å². The smallest absolute Gasteiger partial charge is 0.275 e. The highest BCUT2D eigenvalue weighted by Crippen LogP contribution is 2.40. The van der Waals surface area contributed by atoms with Crippen LogP contribution in [0.25, 0.3) is 0 Å². The van der Waals surface area contributed by atoms with Gasteiger partial charge >= 0.3 is 0 Å². The number of carbonyl (C=O) groups excluding carboxylic acids is 1. The van der Waals surface area contributed by atoms with E-state index in [4.69, 9.17) is 4.52 Å². The Morgan fingerprint density at radius 1 is 1.38 bits per heavy atom. The van der Waals surface area contributed by atoms with Crippen LogP contribution in [0.5, 0.6) is 0 Å². The molecule has 1 aliphatic heterocycles. The molecule has 1 N–H and O–H groups in total. The first-order valence-electron chi connectivity index (χ1n) is 9.23. The maximum Gasteiger partial charge on any atom is 0.275 e. The fraction of sp³-hybridized carbons (Fsp3) is 0.500. The van der Waals surface area contributed by atoms with Gasteiger partial charge in [0.25, 0.3) is 5.91 Å². The number of aromatic nitrogens is 1. The van der Waals surface area contributed by atoms with Gasteiger partial charge in [-0.3, -0.25) is 9.69 Å². The Kier molecular flexibility index (Phi) is 4.54. The number of rotatable bonds is 6. The van der Waals surface area contributed by atoms with Crippen molar-refractivity contribution in [2.24, 2.45) is 0 Å². The summed E-state index contributed by atoms with van der Waals surface area (Å²) in [6.45, 7) is 2.49. The van der Waals surface area contributed by atoms with Crippen LogP contribution in [0.2, 0.25) is 0 Å². The van der Waals surface area contributed by atoms with Crippen molar-refractivity contribution in [3.05, 3.63) is 53.4 Å². The zero-order valence-electron chi connectivity index (χ0n) is 15.1. The largest absolute Gasteiger partial charge is 0.387 e. The summed E-state index contributed by atoms with van der Waals surface area (Å²) < 4.78 is 5.27. The van der Waals surface area contributed by atoms with Crippen LogP contribution in [0, 0.1) is 0 Å². The number of likely N-dealkylation sites (tertiary alicyclic amines) is 1. The lowest BCUT2D eigenvalue weighted by Crippen LogP contribution is -2.45.